The van der Waals surface area contributed by atoms with Crippen LogP contribution in [0, 0.1) is 0 Å². The molecule has 0 aliphatic heterocycles. The first-order valence-corrected chi connectivity index (χ1v) is 28.6. The molecule has 0 aromatic carbocycles. The van der Waals surface area contributed by atoms with Gasteiger partial charge in [0.05, 0.1) is 26.2 Å². The van der Waals surface area contributed by atoms with Crippen molar-refractivity contribution < 1.29 is 52.2 Å². The fourth-order valence-corrected chi connectivity index (χ4v) is 7.76. The largest absolute Gasteiger partial charge is 0.472 e. The van der Waals surface area contributed by atoms with Crippen LogP contribution >= 0.6 is 7.82 Å². The Labute approximate surface area is 425 Å². The van der Waals surface area contributed by atoms with E-state index in [2.05, 4.69) is 99.8 Å². The summed E-state index contributed by atoms with van der Waals surface area (Å²) < 4.78 is 39.3. The highest BCUT2D eigenvalue weighted by molar-refractivity contribution is 7.47. The fourth-order valence-electron chi connectivity index (χ4n) is 6.97. The molecule has 0 saturated carbocycles. The average Bonchev–Trinajstić information content (AvgIpc) is 3.35. The molecule has 0 fully saturated rings. The van der Waals surface area contributed by atoms with Gasteiger partial charge in [-0.25, -0.2) is 4.57 Å². The number of aliphatic hydroxyl groups excluding tert-OH is 1. The Balaban J connectivity index is 4.87. The zero-order valence-corrected chi connectivity index (χ0v) is 44.8. The van der Waals surface area contributed by atoms with Gasteiger partial charge in [-0.05, 0) is 77.0 Å². The summed E-state index contributed by atoms with van der Waals surface area (Å²) in [5.41, 5.74) is 0. The Bertz CT molecular complexity index is 1540. The molecule has 0 saturated heterocycles. The molecule has 70 heavy (non-hydrogen) atoms. The summed E-state index contributed by atoms with van der Waals surface area (Å²) in [4.78, 5) is 48.3. The number of aliphatic hydroxyl groups is 1. The molecular weight excluding hydrogens is 904 g/mol. The average molecular weight is 1000 g/mol. The molecule has 0 spiro atoms. The van der Waals surface area contributed by atoms with Gasteiger partial charge in [0, 0.05) is 12.8 Å². The van der Waals surface area contributed by atoms with E-state index in [1.54, 1.807) is 6.08 Å². The summed E-state index contributed by atoms with van der Waals surface area (Å²) in [5.74, 6) is -1.64. The van der Waals surface area contributed by atoms with Crippen LogP contribution in [0.4, 0.5) is 0 Å². The van der Waals surface area contributed by atoms with Crippen molar-refractivity contribution in [2.45, 2.75) is 226 Å². The maximum absolute atomic E-state index is 12.9. The summed E-state index contributed by atoms with van der Waals surface area (Å²) in [5, 5.41) is 9.79. The van der Waals surface area contributed by atoms with E-state index in [0.717, 1.165) is 96.3 Å². The molecule has 3 unspecified atom stereocenters. The minimum absolute atomic E-state index is 0.0128. The summed E-state index contributed by atoms with van der Waals surface area (Å²) >= 11 is 0. The minimum Gasteiger partial charge on any atom is -0.461 e. The Hall–Kier alpha value is -3.60. The number of hydrogen-bond acceptors (Lipinski definition) is 10. The van der Waals surface area contributed by atoms with Gasteiger partial charge in [0.15, 0.2) is 6.10 Å². The van der Waals surface area contributed by atoms with Crippen molar-refractivity contribution in [1.82, 2.24) is 0 Å². The van der Waals surface area contributed by atoms with Crippen molar-refractivity contribution in [3.63, 3.8) is 0 Å². The molecule has 0 aliphatic carbocycles. The second kappa shape index (κ2) is 51.7. The minimum atomic E-state index is -4.77. The van der Waals surface area contributed by atoms with Crippen molar-refractivity contribution >= 4 is 25.7 Å². The van der Waals surface area contributed by atoms with Crippen LogP contribution in [0.15, 0.2) is 97.2 Å². The van der Waals surface area contributed by atoms with Crippen molar-refractivity contribution in [2.75, 3.05) is 26.4 Å². The van der Waals surface area contributed by atoms with Crippen LogP contribution < -0.4 is 0 Å². The second-order valence-corrected chi connectivity index (χ2v) is 19.1. The molecule has 0 aromatic rings. The number of hydrogen-bond donors (Lipinski definition) is 2. The quantitative estimate of drug-likeness (QED) is 0.0197. The van der Waals surface area contributed by atoms with E-state index in [0.29, 0.717) is 19.3 Å². The molecule has 400 valence electrons. The molecule has 0 rings (SSSR count). The van der Waals surface area contributed by atoms with Crippen LogP contribution in [0.25, 0.3) is 0 Å². The number of carbonyl (C=O) groups excluding carboxylic acids is 3. The number of unbranched alkanes of at least 4 members (excludes halogenated alkanes) is 17. The topological polar surface area (TPSA) is 155 Å². The summed E-state index contributed by atoms with van der Waals surface area (Å²) in [7, 11) is -4.77. The third kappa shape index (κ3) is 49.4. The Morgan fingerprint density at radius 1 is 0.429 bits per heavy atom. The van der Waals surface area contributed by atoms with Gasteiger partial charge in [0.2, 0.25) is 0 Å². The highest BCUT2D eigenvalue weighted by Crippen LogP contribution is 2.43. The molecule has 0 radical (unpaired) electrons. The first kappa shape index (κ1) is 66.4. The third-order valence-corrected chi connectivity index (χ3v) is 12.0. The molecule has 12 heteroatoms. The number of phosphoric ester groups is 1. The fraction of sp³-hybridized carbons (Fsp3) is 0.672. The van der Waals surface area contributed by atoms with Gasteiger partial charge in [0.25, 0.3) is 0 Å². The zero-order chi connectivity index (χ0) is 51.3. The molecule has 3 atom stereocenters. The second-order valence-electron chi connectivity index (χ2n) is 17.7. The number of carbonyl (C=O) groups is 3. The van der Waals surface area contributed by atoms with Crippen LogP contribution in [0.2, 0.25) is 0 Å². The SMILES string of the molecule is CC/C=C\C/C=C\C/C=C\C/C=C\C/C=C\CC(=O)OCC(COP(=O)(O)OCC(CO)OC(=O)CCCCCCCCCCCCCCC)OC(=O)CCCCCCC/C=C\C/C=C\C/C=C\CC. The smallest absolute Gasteiger partial charge is 0.461 e. The van der Waals surface area contributed by atoms with Crippen LogP contribution in [0.5, 0.6) is 0 Å². The molecule has 0 heterocycles. The predicted molar refractivity (Wildman–Crippen MR) is 288 cm³/mol. The van der Waals surface area contributed by atoms with Gasteiger partial charge in [-0.1, -0.05) is 214 Å². The van der Waals surface area contributed by atoms with E-state index in [4.69, 9.17) is 23.3 Å². The lowest BCUT2D eigenvalue weighted by molar-refractivity contribution is -0.161. The van der Waals surface area contributed by atoms with Crippen molar-refractivity contribution in [3.05, 3.63) is 97.2 Å². The van der Waals surface area contributed by atoms with Crippen LogP contribution in [-0.2, 0) is 42.2 Å². The first-order chi connectivity index (χ1) is 34.2. The van der Waals surface area contributed by atoms with Gasteiger partial charge < -0.3 is 24.2 Å². The normalized spacial score (nSPS) is 14.2. The van der Waals surface area contributed by atoms with Crippen LogP contribution in [-0.4, -0.2) is 66.5 Å². The Morgan fingerprint density at radius 2 is 0.786 bits per heavy atom. The van der Waals surface area contributed by atoms with Crippen LogP contribution in [0.1, 0.15) is 213 Å². The highest BCUT2D eigenvalue weighted by Gasteiger charge is 2.28. The maximum atomic E-state index is 12.9. The number of phosphoric acid groups is 1. The number of allylic oxidation sites excluding steroid dienone is 15. The van der Waals surface area contributed by atoms with E-state index >= 15 is 0 Å². The van der Waals surface area contributed by atoms with Gasteiger partial charge in [-0.3, -0.25) is 23.4 Å². The third-order valence-electron chi connectivity index (χ3n) is 11.0. The summed E-state index contributed by atoms with van der Waals surface area (Å²) in [6.07, 6.45) is 59.7. The monoisotopic (exact) mass is 1000 g/mol. The first-order valence-electron chi connectivity index (χ1n) is 27.1. The molecular formula is C58H97O11P. The standard InChI is InChI=1S/C58H97O11P/c1-4-7-10-13-16-19-22-25-27-30-32-35-38-41-44-47-56(60)65-51-55(69-58(62)49-46-43-40-37-34-31-28-26-23-20-17-14-11-8-5-2)53-67-70(63,64)66-52-54(50-59)68-57(61)48-45-42-39-36-33-29-24-21-18-15-12-9-6-3/h7-8,10-11,16-17,19-20,25-28,32,35,41,44,54-55,59H,4-6,9,12-15,18,21-24,29-31,33-34,36-40,42-43,45-53H2,1-3H3,(H,63,64)/b10-7-,11-8-,19-16-,20-17-,27-25-,28-26-,35-32-,44-41-. The Morgan fingerprint density at radius 3 is 1.21 bits per heavy atom. The number of rotatable bonds is 49. The van der Waals surface area contributed by atoms with Gasteiger partial charge >= 0.3 is 25.7 Å². The molecule has 0 amide bonds. The Kier molecular flexibility index (Phi) is 49.1. The molecule has 11 nitrogen and oxygen atoms in total. The zero-order valence-electron chi connectivity index (χ0n) is 43.9. The lowest BCUT2D eigenvalue weighted by Crippen LogP contribution is -2.30. The van der Waals surface area contributed by atoms with Crippen molar-refractivity contribution in [2.24, 2.45) is 0 Å². The number of ether oxygens (including phenoxy) is 3. The molecule has 0 aromatic heterocycles. The van der Waals surface area contributed by atoms with Crippen molar-refractivity contribution in [3.8, 4) is 0 Å². The van der Waals surface area contributed by atoms with Crippen molar-refractivity contribution in [1.29, 1.82) is 0 Å². The van der Waals surface area contributed by atoms with E-state index < -0.39 is 64.4 Å². The van der Waals surface area contributed by atoms with E-state index in [1.807, 2.05) is 12.2 Å². The summed E-state index contributed by atoms with van der Waals surface area (Å²) in [6, 6.07) is 0. The molecule has 0 aliphatic rings. The van der Waals surface area contributed by atoms with Gasteiger partial charge in [0.1, 0.15) is 12.7 Å². The van der Waals surface area contributed by atoms with Crippen LogP contribution in [0.3, 0.4) is 0 Å². The van der Waals surface area contributed by atoms with E-state index in [-0.39, 0.29) is 19.3 Å². The lowest BCUT2D eigenvalue weighted by Gasteiger charge is -2.21. The number of esters is 3. The predicted octanol–water partition coefficient (Wildman–Crippen LogP) is 15.7. The van der Waals surface area contributed by atoms with Gasteiger partial charge in [-0.15, -0.1) is 0 Å². The lowest BCUT2D eigenvalue weighted by atomic mass is 10.0. The van der Waals surface area contributed by atoms with E-state index in [1.165, 1.54) is 57.8 Å². The van der Waals surface area contributed by atoms with Gasteiger partial charge in [-0.2, -0.15) is 0 Å². The molecule has 0 bridgehead atoms. The highest BCUT2D eigenvalue weighted by atomic mass is 31.2. The molecule has 2 N–H and O–H groups in total. The van der Waals surface area contributed by atoms with E-state index in [9.17, 15) is 28.9 Å². The summed E-state index contributed by atoms with van der Waals surface area (Å²) in [6.45, 7) is 4.27. The maximum Gasteiger partial charge on any atom is 0.472 e.